The summed E-state index contributed by atoms with van der Waals surface area (Å²) in [5, 5.41) is 0. The fourth-order valence-electron chi connectivity index (χ4n) is 2.44. The highest BCUT2D eigenvalue weighted by molar-refractivity contribution is 5.69. The van der Waals surface area contributed by atoms with Gasteiger partial charge in [-0.05, 0) is 38.5 Å². The van der Waals surface area contributed by atoms with E-state index >= 15 is 0 Å². The van der Waals surface area contributed by atoms with Crippen LogP contribution in [0.5, 0.6) is 0 Å². The van der Waals surface area contributed by atoms with E-state index in [-0.39, 0.29) is 11.9 Å². The first-order valence-electron chi connectivity index (χ1n) is 10.3. The third-order valence-electron chi connectivity index (χ3n) is 3.91. The van der Waals surface area contributed by atoms with E-state index in [0.29, 0.717) is 26.1 Å². The minimum Gasteiger partial charge on any atom is -0.465 e. The van der Waals surface area contributed by atoms with Crippen molar-refractivity contribution in [3.8, 4) is 0 Å². The van der Waals surface area contributed by atoms with Gasteiger partial charge in [0.05, 0.1) is 13.2 Å². The zero-order valence-electron chi connectivity index (χ0n) is 16.8. The number of carbonyl (C=O) groups is 2. The second-order valence-corrected chi connectivity index (χ2v) is 6.40. The Morgan fingerprint density at radius 1 is 0.615 bits per heavy atom. The van der Waals surface area contributed by atoms with Crippen molar-refractivity contribution in [3.05, 3.63) is 24.3 Å². The van der Waals surface area contributed by atoms with Gasteiger partial charge in [-0.1, -0.05) is 63.8 Å². The van der Waals surface area contributed by atoms with Crippen LogP contribution >= 0.6 is 0 Å². The Hall–Kier alpha value is -1.58. The number of hydrogen-bond acceptors (Lipinski definition) is 4. The molecule has 0 rings (SSSR count). The molecule has 0 saturated heterocycles. The Morgan fingerprint density at radius 2 is 1.00 bits per heavy atom. The number of ether oxygens (including phenoxy) is 2. The molecule has 0 aromatic carbocycles. The van der Waals surface area contributed by atoms with Gasteiger partial charge in [0.25, 0.3) is 0 Å². The van der Waals surface area contributed by atoms with E-state index in [0.717, 1.165) is 64.2 Å². The van der Waals surface area contributed by atoms with Gasteiger partial charge in [0.2, 0.25) is 0 Å². The smallest absolute Gasteiger partial charge is 0.305 e. The van der Waals surface area contributed by atoms with Crippen molar-refractivity contribution in [2.24, 2.45) is 0 Å². The molecule has 0 fully saturated rings. The second-order valence-electron chi connectivity index (χ2n) is 6.40. The predicted octanol–water partition coefficient (Wildman–Crippen LogP) is 5.91. The van der Waals surface area contributed by atoms with E-state index in [4.69, 9.17) is 9.47 Å². The Balaban J connectivity index is 3.32. The average molecular weight is 367 g/mol. The van der Waals surface area contributed by atoms with Crippen molar-refractivity contribution in [2.45, 2.75) is 90.9 Å². The number of esters is 2. The molecule has 26 heavy (non-hydrogen) atoms. The van der Waals surface area contributed by atoms with Crippen LogP contribution < -0.4 is 0 Å². The third-order valence-corrected chi connectivity index (χ3v) is 3.91. The minimum atomic E-state index is -0.0913. The molecule has 0 bridgehead atoms. The molecule has 4 heteroatoms. The maximum Gasteiger partial charge on any atom is 0.305 e. The van der Waals surface area contributed by atoms with E-state index in [2.05, 4.69) is 26.0 Å². The lowest BCUT2D eigenvalue weighted by molar-refractivity contribution is -0.144. The van der Waals surface area contributed by atoms with Crippen molar-refractivity contribution in [2.75, 3.05) is 13.2 Å². The minimum absolute atomic E-state index is 0.0913. The highest BCUT2D eigenvalue weighted by Gasteiger charge is 2.03. The van der Waals surface area contributed by atoms with Gasteiger partial charge < -0.3 is 9.47 Å². The number of unbranched alkanes of at least 4 members (excludes halogenated alkanes) is 5. The molecule has 0 unspecified atom stereocenters. The molecule has 0 amide bonds. The molecule has 4 nitrogen and oxygen atoms in total. The van der Waals surface area contributed by atoms with Gasteiger partial charge in [0, 0.05) is 12.8 Å². The van der Waals surface area contributed by atoms with Crippen LogP contribution in [-0.2, 0) is 19.1 Å². The zero-order valence-corrected chi connectivity index (χ0v) is 16.8. The maximum absolute atomic E-state index is 11.5. The molecule has 0 radical (unpaired) electrons. The summed E-state index contributed by atoms with van der Waals surface area (Å²) in [4.78, 5) is 23.1. The molecule has 0 aliphatic rings. The van der Waals surface area contributed by atoms with Crippen LogP contribution in [0.15, 0.2) is 24.3 Å². The summed E-state index contributed by atoms with van der Waals surface area (Å²) < 4.78 is 10.3. The van der Waals surface area contributed by atoms with E-state index in [1.807, 2.05) is 12.2 Å². The fraction of sp³-hybridized carbons (Fsp3) is 0.727. The molecule has 0 saturated carbocycles. The summed E-state index contributed by atoms with van der Waals surface area (Å²) in [7, 11) is 0. The van der Waals surface area contributed by atoms with Crippen LogP contribution in [0.1, 0.15) is 90.9 Å². The van der Waals surface area contributed by atoms with Crippen LogP contribution in [0.25, 0.3) is 0 Å². The van der Waals surface area contributed by atoms with Crippen molar-refractivity contribution in [1.29, 1.82) is 0 Å². The zero-order chi connectivity index (χ0) is 19.3. The Bertz CT molecular complexity index is 361. The van der Waals surface area contributed by atoms with Gasteiger partial charge in [-0.2, -0.15) is 0 Å². The molecule has 0 aliphatic carbocycles. The van der Waals surface area contributed by atoms with Crippen molar-refractivity contribution < 1.29 is 19.1 Å². The first-order chi connectivity index (χ1) is 12.7. The number of hydrogen-bond donors (Lipinski definition) is 0. The lowest BCUT2D eigenvalue weighted by atomic mass is 10.1. The summed E-state index contributed by atoms with van der Waals surface area (Å²) in [6.07, 6.45) is 19.0. The van der Waals surface area contributed by atoms with E-state index in [9.17, 15) is 9.59 Å². The van der Waals surface area contributed by atoms with E-state index < -0.39 is 0 Å². The standard InChI is InChI=1S/C22H38O4/c1-3-5-7-15-19-25-21(23)17-13-11-9-10-12-14-18-22(24)26-20-16-8-6-4-2/h5-8H,3-4,9-20H2,1-2H3/b7-5+,8-6+. The molecule has 0 aromatic heterocycles. The van der Waals surface area contributed by atoms with Crippen LogP contribution in [0.4, 0.5) is 0 Å². The Morgan fingerprint density at radius 3 is 1.38 bits per heavy atom. The van der Waals surface area contributed by atoms with E-state index in [1.54, 1.807) is 0 Å². The lowest BCUT2D eigenvalue weighted by Gasteiger charge is -2.04. The van der Waals surface area contributed by atoms with Gasteiger partial charge in [0.15, 0.2) is 0 Å². The first kappa shape index (κ1) is 24.4. The molecular formula is C22H38O4. The average Bonchev–Trinajstić information content (AvgIpc) is 2.63. The maximum atomic E-state index is 11.5. The van der Waals surface area contributed by atoms with Crippen molar-refractivity contribution >= 4 is 11.9 Å². The van der Waals surface area contributed by atoms with Gasteiger partial charge in [-0.15, -0.1) is 0 Å². The topological polar surface area (TPSA) is 52.6 Å². The molecule has 150 valence electrons. The molecule has 0 aromatic rings. The highest BCUT2D eigenvalue weighted by Crippen LogP contribution is 2.10. The number of rotatable bonds is 17. The van der Waals surface area contributed by atoms with Crippen molar-refractivity contribution in [1.82, 2.24) is 0 Å². The Labute approximate surface area is 160 Å². The van der Waals surface area contributed by atoms with Crippen LogP contribution in [0, 0.1) is 0 Å². The molecular weight excluding hydrogens is 328 g/mol. The van der Waals surface area contributed by atoms with Crippen molar-refractivity contribution in [3.63, 3.8) is 0 Å². The van der Waals surface area contributed by atoms with Gasteiger partial charge in [-0.25, -0.2) is 0 Å². The summed E-state index contributed by atoms with van der Waals surface area (Å²) in [6, 6.07) is 0. The fourth-order valence-corrected chi connectivity index (χ4v) is 2.44. The van der Waals surface area contributed by atoms with Gasteiger partial charge >= 0.3 is 11.9 Å². The number of allylic oxidation sites excluding steroid dienone is 2. The quantitative estimate of drug-likeness (QED) is 0.182. The molecule has 0 heterocycles. The Kier molecular flexibility index (Phi) is 18.5. The predicted molar refractivity (Wildman–Crippen MR) is 107 cm³/mol. The highest BCUT2D eigenvalue weighted by atomic mass is 16.5. The third kappa shape index (κ3) is 18.8. The molecule has 0 spiro atoms. The van der Waals surface area contributed by atoms with Gasteiger partial charge in [0.1, 0.15) is 0 Å². The summed E-state index contributed by atoms with van der Waals surface area (Å²) in [5.74, 6) is -0.183. The molecule has 0 atom stereocenters. The largest absolute Gasteiger partial charge is 0.465 e. The molecule has 0 aliphatic heterocycles. The number of carbonyl (C=O) groups excluding carboxylic acids is 2. The summed E-state index contributed by atoms with van der Waals surface area (Å²) in [6.45, 7) is 5.14. The van der Waals surface area contributed by atoms with Crippen LogP contribution in [0.2, 0.25) is 0 Å². The van der Waals surface area contributed by atoms with Crippen LogP contribution in [0.3, 0.4) is 0 Å². The second kappa shape index (κ2) is 19.7. The molecule has 0 N–H and O–H groups in total. The van der Waals surface area contributed by atoms with Gasteiger partial charge in [-0.3, -0.25) is 9.59 Å². The summed E-state index contributed by atoms with van der Waals surface area (Å²) in [5.41, 5.74) is 0. The van der Waals surface area contributed by atoms with E-state index in [1.165, 1.54) is 0 Å². The normalized spacial score (nSPS) is 11.3. The summed E-state index contributed by atoms with van der Waals surface area (Å²) >= 11 is 0. The monoisotopic (exact) mass is 366 g/mol. The lowest BCUT2D eigenvalue weighted by Crippen LogP contribution is -2.05. The SMILES string of the molecule is CC/C=C/CCOC(=O)CCCCCCCCC(=O)OCC/C=C/CC. The first-order valence-corrected chi connectivity index (χ1v) is 10.3. The van der Waals surface area contributed by atoms with Crippen LogP contribution in [-0.4, -0.2) is 25.2 Å².